The lowest BCUT2D eigenvalue weighted by Gasteiger charge is -2.36. The minimum Gasteiger partial charge on any atom is -0.462 e. The van der Waals surface area contributed by atoms with Crippen LogP contribution in [0.5, 0.6) is 0 Å². The lowest BCUT2D eigenvalue weighted by molar-refractivity contribution is -0.161. The van der Waals surface area contributed by atoms with Crippen LogP contribution in [0, 0.1) is 5.41 Å². The van der Waals surface area contributed by atoms with Gasteiger partial charge in [-0.1, -0.05) is 0 Å². The van der Waals surface area contributed by atoms with Gasteiger partial charge in [0.1, 0.15) is 6.10 Å². The third-order valence-corrected chi connectivity index (χ3v) is 3.94. The summed E-state index contributed by atoms with van der Waals surface area (Å²) in [4.78, 5) is 14.3. The van der Waals surface area contributed by atoms with Crippen LogP contribution in [0.3, 0.4) is 0 Å². The van der Waals surface area contributed by atoms with Crippen molar-refractivity contribution in [3.8, 4) is 0 Å². The van der Waals surface area contributed by atoms with Crippen molar-refractivity contribution < 1.29 is 9.53 Å². The molecule has 0 aromatic heterocycles. The monoisotopic (exact) mass is 225 g/mol. The molecule has 2 fully saturated rings. The van der Waals surface area contributed by atoms with Crippen molar-refractivity contribution in [2.24, 2.45) is 5.41 Å². The number of hydrogen-bond acceptors (Lipinski definition) is 3. The molecule has 2 rings (SSSR count). The van der Waals surface area contributed by atoms with Crippen molar-refractivity contribution in [2.75, 3.05) is 7.05 Å². The molecular weight excluding hydrogens is 202 g/mol. The fourth-order valence-electron chi connectivity index (χ4n) is 2.79. The summed E-state index contributed by atoms with van der Waals surface area (Å²) in [6.07, 6.45) is 4.74. The zero-order valence-electron chi connectivity index (χ0n) is 10.8. The highest BCUT2D eigenvalue weighted by atomic mass is 16.5. The van der Waals surface area contributed by atoms with Crippen LogP contribution in [0.15, 0.2) is 0 Å². The van der Waals surface area contributed by atoms with Gasteiger partial charge in [-0.3, -0.25) is 4.79 Å². The Balaban J connectivity index is 1.92. The number of nitrogens with zero attached hydrogens (tertiary/aromatic N) is 1. The molecule has 2 aliphatic rings. The van der Waals surface area contributed by atoms with E-state index in [1.807, 2.05) is 20.8 Å². The maximum absolute atomic E-state index is 11.8. The summed E-state index contributed by atoms with van der Waals surface area (Å²) in [6, 6.07) is 1.27. The Labute approximate surface area is 98.1 Å². The predicted octanol–water partition coefficient (Wildman–Crippen LogP) is 2.20. The Hall–Kier alpha value is -0.570. The highest BCUT2D eigenvalue weighted by molar-refractivity contribution is 5.75. The topological polar surface area (TPSA) is 29.5 Å². The van der Waals surface area contributed by atoms with E-state index in [0.717, 1.165) is 12.8 Å². The fourth-order valence-corrected chi connectivity index (χ4v) is 2.79. The van der Waals surface area contributed by atoms with Crippen LogP contribution >= 0.6 is 0 Å². The fraction of sp³-hybridized carbons (Fsp3) is 0.923. The van der Waals surface area contributed by atoms with Crippen LogP contribution in [-0.4, -0.2) is 36.1 Å². The molecule has 16 heavy (non-hydrogen) atoms. The first kappa shape index (κ1) is 11.9. The van der Waals surface area contributed by atoms with E-state index in [4.69, 9.17) is 4.74 Å². The Morgan fingerprint density at radius 1 is 1.19 bits per heavy atom. The standard InChI is InChI=1S/C13H23NO2/c1-13(2,3)12(15)16-11-7-9-5-6-10(8-11)14(9)4/h9-11H,5-8H2,1-4H3/t9-,10+,11?. The van der Waals surface area contributed by atoms with Crippen LogP contribution < -0.4 is 0 Å². The first-order valence-corrected chi connectivity index (χ1v) is 6.31. The van der Waals surface area contributed by atoms with Crippen molar-refractivity contribution in [3.05, 3.63) is 0 Å². The van der Waals surface area contributed by atoms with E-state index >= 15 is 0 Å². The van der Waals surface area contributed by atoms with Crippen LogP contribution in [0.1, 0.15) is 46.5 Å². The van der Waals surface area contributed by atoms with E-state index in [-0.39, 0.29) is 17.5 Å². The van der Waals surface area contributed by atoms with Gasteiger partial charge in [-0.05, 0) is 53.5 Å². The maximum Gasteiger partial charge on any atom is 0.311 e. The van der Waals surface area contributed by atoms with Crippen molar-refractivity contribution in [1.82, 2.24) is 4.90 Å². The van der Waals surface area contributed by atoms with E-state index < -0.39 is 0 Å². The van der Waals surface area contributed by atoms with Crippen molar-refractivity contribution in [2.45, 2.75) is 64.6 Å². The predicted molar refractivity (Wildman–Crippen MR) is 63.1 cm³/mol. The summed E-state index contributed by atoms with van der Waals surface area (Å²) in [7, 11) is 2.20. The molecule has 0 radical (unpaired) electrons. The highest BCUT2D eigenvalue weighted by Crippen LogP contribution is 2.36. The van der Waals surface area contributed by atoms with E-state index in [1.165, 1.54) is 12.8 Å². The Bertz CT molecular complexity index is 268. The molecule has 2 bridgehead atoms. The van der Waals surface area contributed by atoms with Gasteiger partial charge in [0.05, 0.1) is 5.41 Å². The number of carbonyl (C=O) groups is 1. The SMILES string of the molecule is CN1[C@@H]2CC[C@H]1CC(OC(=O)C(C)(C)C)C2. The number of rotatable bonds is 1. The molecule has 1 unspecified atom stereocenters. The normalized spacial score (nSPS) is 35.1. The van der Waals surface area contributed by atoms with Crippen LogP contribution in [0.2, 0.25) is 0 Å². The van der Waals surface area contributed by atoms with Gasteiger partial charge >= 0.3 is 5.97 Å². The smallest absolute Gasteiger partial charge is 0.311 e. The molecule has 2 heterocycles. The third-order valence-electron chi connectivity index (χ3n) is 3.94. The van der Waals surface area contributed by atoms with Gasteiger partial charge in [0.2, 0.25) is 0 Å². The van der Waals surface area contributed by atoms with E-state index in [0.29, 0.717) is 12.1 Å². The van der Waals surface area contributed by atoms with Crippen LogP contribution in [0.4, 0.5) is 0 Å². The number of hydrogen-bond donors (Lipinski definition) is 0. The molecular formula is C13H23NO2. The average molecular weight is 225 g/mol. The van der Waals surface area contributed by atoms with Crippen molar-refractivity contribution in [1.29, 1.82) is 0 Å². The van der Waals surface area contributed by atoms with E-state index in [2.05, 4.69) is 11.9 Å². The molecule has 2 saturated heterocycles. The van der Waals surface area contributed by atoms with Crippen molar-refractivity contribution in [3.63, 3.8) is 0 Å². The molecule has 0 spiro atoms. The number of fused-ring (bicyclic) bond motifs is 2. The largest absolute Gasteiger partial charge is 0.462 e. The quantitative estimate of drug-likeness (QED) is 0.641. The summed E-state index contributed by atoms with van der Waals surface area (Å²) >= 11 is 0. The molecule has 3 heteroatoms. The van der Waals surface area contributed by atoms with Gasteiger partial charge < -0.3 is 9.64 Å². The second kappa shape index (κ2) is 4.02. The Morgan fingerprint density at radius 2 is 1.69 bits per heavy atom. The number of carbonyl (C=O) groups excluding carboxylic acids is 1. The van der Waals surface area contributed by atoms with E-state index in [9.17, 15) is 4.79 Å². The second-order valence-electron chi connectivity index (χ2n) is 6.30. The average Bonchev–Trinajstić information content (AvgIpc) is 2.41. The van der Waals surface area contributed by atoms with Crippen LogP contribution in [-0.2, 0) is 9.53 Å². The lowest BCUT2D eigenvalue weighted by atomic mass is 9.96. The highest BCUT2D eigenvalue weighted by Gasteiger charge is 2.40. The molecule has 0 aliphatic carbocycles. The third kappa shape index (κ3) is 2.24. The number of ether oxygens (including phenoxy) is 1. The number of esters is 1. The van der Waals surface area contributed by atoms with Gasteiger partial charge in [0, 0.05) is 12.1 Å². The summed E-state index contributed by atoms with van der Waals surface area (Å²) < 4.78 is 5.62. The van der Waals surface area contributed by atoms with Gasteiger partial charge in [0.25, 0.3) is 0 Å². The summed E-state index contributed by atoms with van der Waals surface area (Å²) in [6.45, 7) is 5.75. The molecule has 0 aromatic carbocycles. The lowest BCUT2D eigenvalue weighted by Crippen LogP contribution is -2.44. The molecule has 0 saturated carbocycles. The van der Waals surface area contributed by atoms with Gasteiger partial charge in [-0.25, -0.2) is 0 Å². The Kier molecular flexibility index (Phi) is 2.99. The zero-order chi connectivity index (χ0) is 11.9. The molecule has 2 aliphatic heterocycles. The summed E-state index contributed by atoms with van der Waals surface area (Å²) in [5.74, 6) is -0.0542. The van der Waals surface area contributed by atoms with Gasteiger partial charge in [-0.15, -0.1) is 0 Å². The minimum atomic E-state index is -0.373. The van der Waals surface area contributed by atoms with Crippen LogP contribution in [0.25, 0.3) is 0 Å². The molecule has 92 valence electrons. The maximum atomic E-state index is 11.8. The zero-order valence-corrected chi connectivity index (χ0v) is 10.8. The summed E-state index contributed by atoms with van der Waals surface area (Å²) in [5, 5.41) is 0. The molecule has 3 nitrogen and oxygen atoms in total. The first-order chi connectivity index (χ1) is 7.38. The van der Waals surface area contributed by atoms with Crippen molar-refractivity contribution >= 4 is 5.97 Å². The van der Waals surface area contributed by atoms with Gasteiger partial charge in [0.15, 0.2) is 0 Å². The molecule has 0 amide bonds. The Morgan fingerprint density at radius 3 is 2.12 bits per heavy atom. The molecule has 3 atom stereocenters. The molecule has 0 aromatic rings. The first-order valence-electron chi connectivity index (χ1n) is 6.31. The van der Waals surface area contributed by atoms with E-state index in [1.54, 1.807) is 0 Å². The summed E-state index contributed by atoms with van der Waals surface area (Å²) in [5.41, 5.74) is -0.373. The minimum absolute atomic E-state index is 0.0542. The van der Waals surface area contributed by atoms with Gasteiger partial charge in [-0.2, -0.15) is 0 Å². The molecule has 0 N–H and O–H groups in total. The number of piperidine rings is 1. The second-order valence-corrected chi connectivity index (χ2v) is 6.30.